The van der Waals surface area contributed by atoms with Gasteiger partial charge >= 0.3 is 5.97 Å². The van der Waals surface area contributed by atoms with E-state index in [1.165, 1.54) is 11.8 Å². The van der Waals surface area contributed by atoms with Crippen LogP contribution in [0.15, 0.2) is 48.5 Å². The van der Waals surface area contributed by atoms with Crippen molar-refractivity contribution < 1.29 is 19.1 Å². The molecule has 1 aliphatic heterocycles. The van der Waals surface area contributed by atoms with E-state index < -0.39 is 18.0 Å². The Morgan fingerprint density at radius 2 is 1.59 bits per heavy atom. The molecule has 0 aromatic heterocycles. The first-order valence-electron chi connectivity index (χ1n) is 8.41. The lowest BCUT2D eigenvalue weighted by Gasteiger charge is -2.18. The van der Waals surface area contributed by atoms with Crippen molar-refractivity contribution in [2.45, 2.75) is 19.4 Å². The number of Topliss-reactive ketones (excluding diaryl/α,β-unsaturated/α-hetero) is 1. The average Bonchev–Trinajstić information content (AvgIpc) is 3.04. The van der Waals surface area contributed by atoms with Crippen molar-refractivity contribution in [1.82, 2.24) is 0 Å². The normalized spacial score (nSPS) is 17.7. The number of amides is 1. The third kappa shape index (κ3) is 4.49. The zero-order valence-electron chi connectivity index (χ0n) is 14.5. The highest BCUT2D eigenvalue weighted by Gasteiger charge is 2.37. The number of carbonyl (C=O) groups is 3. The third-order valence-corrected chi connectivity index (χ3v) is 4.89. The maximum Gasteiger partial charge on any atom is 0.312 e. The molecule has 0 aliphatic carbocycles. The fourth-order valence-electron chi connectivity index (χ4n) is 2.91. The van der Waals surface area contributed by atoms with Crippen LogP contribution in [0.1, 0.15) is 23.7 Å². The second-order valence-corrected chi connectivity index (χ2v) is 7.20. The van der Waals surface area contributed by atoms with Gasteiger partial charge in [0.2, 0.25) is 11.7 Å². The van der Waals surface area contributed by atoms with Crippen LogP contribution in [0.3, 0.4) is 0 Å². The molecule has 1 amide bonds. The molecule has 0 N–H and O–H groups in total. The van der Waals surface area contributed by atoms with Crippen molar-refractivity contribution in [1.29, 1.82) is 0 Å². The van der Waals surface area contributed by atoms with E-state index in [1.54, 1.807) is 48.5 Å². The molecule has 2 atom stereocenters. The lowest BCUT2D eigenvalue weighted by molar-refractivity contribution is -0.151. The number of nitrogens with zero attached hydrogens (tertiary/aromatic N) is 1. The molecule has 3 rings (SSSR count). The Morgan fingerprint density at radius 1 is 1.04 bits per heavy atom. The summed E-state index contributed by atoms with van der Waals surface area (Å²) >= 11 is 11.7. The number of hydrogen-bond donors (Lipinski definition) is 0. The minimum atomic E-state index is -0.946. The lowest BCUT2D eigenvalue weighted by atomic mass is 10.1. The molecular weight excluding hydrogens is 389 g/mol. The van der Waals surface area contributed by atoms with E-state index in [2.05, 4.69) is 0 Å². The molecule has 1 fully saturated rings. The van der Waals surface area contributed by atoms with Gasteiger partial charge in [0.15, 0.2) is 6.10 Å². The second kappa shape index (κ2) is 8.11. The van der Waals surface area contributed by atoms with Crippen LogP contribution in [0.5, 0.6) is 0 Å². The highest BCUT2D eigenvalue weighted by Crippen LogP contribution is 2.27. The third-order valence-electron chi connectivity index (χ3n) is 4.39. The summed E-state index contributed by atoms with van der Waals surface area (Å²) in [5.74, 6) is -1.67. The van der Waals surface area contributed by atoms with Crippen molar-refractivity contribution in [2.24, 2.45) is 5.92 Å². The molecule has 7 heteroatoms. The summed E-state index contributed by atoms with van der Waals surface area (Å²) in [4.78, 5) is 38.6. The Bertz CT molecular complexity index is 865. The molecule has 27 heavy (non-hydrogen) atoms. The Labute approximate surface area is 166 Å². The fraction of sp³-hybridized carbons (Fsp3) is 0.250. The smallest absolute Gasteiger partial charge is 0.312 e. The molecular formula is C20H17Cl2NO4. The average molecular weight is 406 g/mol. The monoisotopic (exact) mass is 405 g/mol. The van der Waals surface area contributed by atoms with E-state index in [-0.39, 0.29) is 24.7 Å². The van der Waals surface area contributed by atoms with Crippen molar-refractivity contribution in [3.8, 4) is 0 Å². The van der Waals surface area contributed by atoms with Crippen LogP contribution < -0.4 is 4.90 Å². The van der Waals surface area contributed by atoms with Gasteiger partial charge < -0.3 is 9.64 Å². The fourth-order valence-corrected chi connectivity index (χ4v) is 3.16. The van der Waals surface area contributed by atoms with E-state index in [1.807, 2.05) is 0 Å². The number of halogens is 2. The zero-order valence-corrected chi connectivity index (χ0v) is 16.0. The van der Waals surface area contributed by atoms with Crippen LogP contribution >= 0.6 is 23.2 Å². The van der Waals surface area contributed by atoms with Crippen LogP contribution in [-0.4, -0.2) is 30.3 Å². The van der Waals surface area contributed by atoms with Gasteiger partial charge in [-0.05, 0) is 55.5 Å². The highest BCUT2D eigenvalue weighted by molar-refractivity contribution is 6.31. The number of ketones is 1. The van der Waals surface area contributed by atoms with Crippen LogP contribution in [-0.2, 0) is 14.3 Å². The molecule has 1 heterocycles. The largest absolute Gasteiger partial charge is 0.454 e. The van der Waals surface area contributed by atoms with Gasteiger partial charge in [-0.15, -0.1) is 0 Å². The summed E-state index contributed by atoms with van der Waals surface area (Å²) in [5.41, 5.74) is 1.08. The molecule has 0 saturated carbocycles. The lowest BCUT2D eigenvalue weighted by Crippen LogP contribution is -2.30. The zero-order chi connectivity index (χ0) is 19.6. The van der Waals surface area contributed by atoms with Gasteiger partial charge in [0, 0.05) is 34.3 Å². The van der Waals surface area contributed by atoms with Crippen LogP contribution in [0.2, 0.25) is 10.0 Å². The summed E-state index contributed by atoms with van der Waals surface area (Å²) in [5, 5.41) is 1.08. The summed E-state index contributed by atoms with van der Waals surface area (Å²) in [7, 11) is 0. The van der Waals surface area contributed by atoms with E-state index in [0.717, 1.165) is 0 Å². The van der Waals surface area contributed by atoms with Gasteiger partial charge in [-0.1, -0.05) is 23.2 Å². The minimum absolute atomic E-state index is 0.0450. The Morgan fingerprint density at radius 3 is 2.19 bits per heavy atom. The second-order valence-electron chi connectivity index (χ2n) is 6.33. The number of benzene rings is 2. The Kier molecular flexibility index (Phi) is 5.82. The molecule has 0 spiro atoms. The van der Waals surface area contributed by atoms with Gasteiger partial charge in [-0.2, -0.15) is 0 Å². The van der Waals surface area contributed by atoms with Crippen LogP contribution in [0.25, 0.3) is 0 Å². The van der Waals surface area contributed by atoms with Crippen LogP contribution in [0, 0.1) is 5.92 Å². The number of rotatable bonds is 5. The predicted octanol–water partition coefficient (Wildman–Crippen LogP) is 4.16. The minimum Gasteiger partial charge on any atom is -0.454 e. The Hall–Kier alpha value is -2.37. The quantitative estimate of drug-likeness (QED) is 0.553. The van der Waals surface area contributed by atoms with Crippen LogP contribution in [0.4, 0.5) is 5.69 Å². The molecule has 2 aromatic carbocycles. The number of carbonyl (C=O) groups excluding carboxylic acids is 3. The topological polar surface area (TPSA) is 63.7 Å². The van der Waals surface area contributed by atoms with Gasteiger partial charge in [0.1, 0.15) is 0 Å². The number of ether oxygens (including phenoxy) is 1. The van der Waals surface area contributed by atoms with Crippen molar-refractivity contribution in [3.63, 3.8) is 0 Å². The van der Waals surface area contributed by atoms with Crippen molar-refractivity contribution >= 4 is 46.5 Å². The molecule has 2 aromatic rings. The summed E-state index contributed by atoms with van der Waals surface area (Å²) in [6, 6.07) is 13.2. The highest BCUT2D eigenvalue weighted by atomic mass is 35.5. The maximum absolute atomic E-state index is 12.4. The van der Waals surface area contributed by atoms with Crippen molar-refractivity contribution in [3.05, 3.63) is 64.1 Å². The summed E-state index contributed by atoms with van der Waals surface area (Å²) < 4.78 is 5.31. The Balaban J connectivity index is 1.62. The molecule has 0 bridgehead atoms. The molecule has 0 radical (unpaired) electrons. The van der Waals surface area contributed by atoms with Gasteiger partial charge in [-0.3, -0.25) is 14.4 Å². The van der Waals surface area contributed by atoms with E-state index >= 15 is 0 Å². The van der Waals surface area contributed by atoms with E-state index in [0.29, 0.717) is 21.3 Å². The van der Waals surface area contributed by atoms with Gasteiger partial charge in [0.05, 0.1) is 5.92 Å². The van der Waals surface area contributed by atoms with Gasteiger partial charge in [0.25, 0.3) is 0 Å². The van der Waals surface area contributed by atoms with E-state index in [4.69, 9.17) is 27.9 Å². The number of esters is 1. The maximum atomic E-state index is 12.4. The predicted molar refractivity (Wildman–Crippen MR) is 103 cm³/mol. The van der Waals surface area contributed by atoms with Crippen molar-refractivity contribution in [2.75, 3.05) is 11.4 Å². The van der Waals surface area contributed by atoms with Gasteiger partial charge in [-0.25, -0.2) is 0 Å². The first-order valence-corrected chi connectivity index (χ1v) is 9.17. The molecule has 1 saturated heterocycles. The number of hydrogen-bond acceptors (Lipinski definition) is 4. The summed E-state index contributed by atoms with van der Waals surface area (Å²) in [6.07, 6.45) is -0.901. The first-order chi connectivity index (χ1) is 12.8. The molecule has 5 nitrogen and oxygen atoms in total. The van der Waals surface area contributed by atoms with E-state index in [9.17, 15) is 14.4 Å². The summed E-state index contributed by atoms with van der Waals surface area (Å²) in [6.45, 7) is 1.73. The molecule has 140 valence electrons. The first kappa shape index (κ1) is 19.4. The molecule has 1 aliphatic rings. The molecule has 0 unspecified atom stereocenters. The number of anilines is 1. The standard InChI is InChI=1S/C20H17Cl2NO4/c1-12(19(25)13-2-4-15(21)5-3-13)27-20(26)14-10-18(24)23(11-14)17-8-6-16(22)7-9-17/h2-9,12,14H,10-11H2,1H3/t12-,14-/m1/s1. The SMILES string of the molecule is C[C@@H](OC(=O)[C@@H]1CC(=O)N(c2ccc(Cl)cc2)C1)C(=O)c1ccc(Cl)cc1.